The molecule has 4 rings (SSSR count). The number of hydrogen-bond donors (Lipinski definition) is 3. The number of imidazole rings is 1. The lowest BCUT2D eigenvalue weighted by Crippen LogP contribution is -2.35. The summed E-state index contributed by atoms with van der Waals surface area (Å²) in [5.41, 5.74) is 2.82. The average Bonchev–Trinajstić information content (AvgIpc) is 3.12. The fourth-order valence-electron chi connectivity index (χ4n) is 3.49. The zero-order valence-corrected chi connectivity index (χ0v) is 14.4. The number of hydrogen-bond acceptors (Lipinski definition) is 5. The SMILES string of the molecule is CNC1CCC(Nc2cc(Nc3ccccc3)c3nccn3n2)CC1. The molecule has 1 saturated carbocycles. The molecule has 1 aromatic carbocycles. The van der Waals surface area contributed by atoms with Gasteiger partial charge in [-0.1, -0.05) is 18.2 Å². The van der Waals surface area contributed by atoms with Crippen molar-refractivity contribution in [1.82, 2.24) is 19.9 Å². The summed E-state index contributed by atoms with van der Waals surface area (Å²) >= 11 is 0. The van der Waals surface area contributed by atoms with Crippen LogP contribution < -0.4 is 16.0 Å². The van der Waals surface area contributed by atoms with Crippen molar-refractivity contribution in [2.75, 3.05) is 17.7 Å². The first-order valence-electron chi connectivity index (χ1n) is 8.92. The fourth-order valence-corrected chi connectivity index (χ4v) is 3.49. The molecule has 1 aliphatic rings. The lowest BCUT2D eigenvalue weighted by atomic mass is 9.91. The molecule has 0 amide bonds. The van der Waals surface area contributed by atoms with Gasteiger partial charge in [-0.25, -0.2) is 9.50 Å². The Morgan fingerprint density at radius 1 is 1.04 bits per heavy atom. The number of para-hydroxylation sites is 1. The van der Waals surface area contributed by atoms with Gasteiger partial charge >= 0.3 is 0 Å². The van der Waals surface area contributed by atoms with E-state index in [-0.39, 0.29) is 0 Å². The van der Waals surface area contributed by atoms with Gasteiger partial charge in [0.2, 0.25) is 0 Å². The topological polar surface area (TPSA) is 66.3 Å². The maximum Gasteiger partial charge on any atom is 0.177 e. The van der Waals surface area contributed by atoms with Crippen LogP contribution in [0.5, 0.6) is 0 Å². The van der Waals surface area contributed by atoms with E-state index in [4.69, 9.17) is 0 Å². The molecule has 0 radical (unpaired) electrons. The van der Waals surface area contributed by atoms with Gasteiger partial charge in [-0.05, 0) is 44.9 Å². The van der Waals surface area contributed by atoms with Gasteiger partial charge in [-0.3, -0.25) is 0 Å². The summed E-state index contributed by atoms with van der Waals surface area (Å²) < 4.78 is 1.83. The van der Waals surface area contributed by atoms with Crippen LogP contribution in [-0.2, 0) is 0 Å². The highest BCUT2D eigenvalue weighted by Crippen LogP contribution is 2.26. The van der Waals surface area contributed by atoms with Gasteiger partial charge in [0.15, 0.2) is 5.65 Å². The van der Waals surface area contributed by atoms with E-state index in [0.717, 1.165) is 35.7 Å². The molecule has 0 unspecified atom stereocenters. The van der Waals surface area contributed by atoms with Crippen molar-refractivity contribution in [1.29, 1.82) is 0 Å². The van der Waals surface area contributed by atoms with Crippen LogP contribution in [0.1, 0.15) is 25.7 Å². The predicted octanol–water partition coefficient (Wildman–Crippen LogP) is 3.42. The first-order valence-corrected chi connectivity index (χ1v) is 8.92. The second-order valence-electron chi connectivity index (χ2n) is 6.61. The fraction of sp³-hybridized carbons (Fsp3) is 0.368. The second kappa shape index (κ2) is 7.11. The van der Waals surface area contributed by atoms with Crippen molar-refractivity contribution in [2.24, 2.45) is 0 Å². The molecule has 6 heteroatoms. The Balaban J connectivity index is 1.55. The number of rotatable bonds is 5. The van der Waals surface area contributed by atoms with E-state index in [9.17, 15) is 0 Å². The Kier molecular flexibility index (Phi) is 4.52. The monoisotopic (exact) mass is 336 g/mol. The highest BCUT2D eigenvalue weighted by atomic mass is 15.3. The summed E-state index contributed by atoms with van der Waals surface area (Å²) in [6.45, 7) is 0. The Labute approximate surface area is 147 Å². The highest BCUT2D eigenvalue weighted by molar-refractivity contribution is 5.75. The van der Waals surface area contributed by atoms with E-state index in [1.807, 2.05) is 41.0 Å². The van der Waals surface area contributed by atoms with Crippen LogP contribution in [0.15, 0.2) is 48.8 Å². The van der Waals surface area contributed by atoms with Crippen LogP contribution in [0.25, 0.3) is 5.65 Å². The van der Waals surface area contributed by atoms with Crippen molar-refractivity contribution in [3.8, 4) is 0 Å². The third kappa shape index (κ3) is 3.58. The van der Waals surface area contributed by atoms with Crippen molar-refractivity contribution in [3.63, 3.8) is 0 Å². The largest absolute Gasteiger partial charge is 0.366 e. The Morgan fingerprint density at radius 3 is 2.56 bits per heavy atom. The predicted molar refractivity (Wildman–Crippen MR) is 101 cm³/mol. The molecular weight excluding hydrogens is 312 g/mol. The summed E-state index contributed by atoms with van der Waals surface area (Å²) in [6.07, 6.45) is 8.40. The zero-order valence-electron chi connectivity index (χ0n) is 14.4. The van der Waals surface area contributed by atoms with Crippen LogP contribution in [-0.4, -0.2) is 33.7 Å². The normalized spacial score (nSPS) is 20.5. The van der Waals surface area contributed by atoms with Crippen molar-refractivity contribution >= 4 is 22.8 Å². The number of nitrogens with one attached hydrogen (secondary N) is 3. The first-order chi connectivity index (χ1) is 12.3. The van der Waals surface area contributed by atoms with E-state index < -0.39 is 0 Å². The molecule has 0 bridgehead atoms. The van der Waals surface area contributed by atoms with Crippen molar-refractivity contribution in [2.45, 2.75) is 37.8 Å². The molecule has 2 heterocycles. The van der Waals surface area contributed by atoms with Gasteiger partial charge in [-0.15, -0.1) is 5.10 Å². The standard InChI is InChI=1S/C19H24N6/c1-20-14-7-9-16(10-8-14)23-18-13-17(19-21-11-12-25(19)24-18)22-15-5-3-2-4-6-15/h2-6,11-14,16,20,22H,7-10H2,1H3,(H,23,24). The molecule has 0 spiro atoms. The number of aromatic nitrogens is 3. The van der Waals surface area contributed by atoms with Crippen LogP contribution >= 0.6 is 0 Å². The minimum Gasteiger partial charge on any atom is -0.366 e. The minimum absolute atomic E-state index is 0.475. The van der Waals surface area contributed by atoms with Gasteiger partial charge in [0.25, 0.3) is 0 Å². The summed E-state index contributed by atoms with van der Waals surface area (Å²) in [7, 11) is 2.05. The zero-order chi connectivity index (χ0) is 17.1. The Bertz CT molecular complexity index is 820. The van der Waals surface area contributed by atoms with Crippen LogP contribution in [0.3, 0.4) is 0 Å². The van der Waals surface area contributed by atoms with E-state index in [1.165, 1.54) is 12.8 Å². The molecule has 3 N–H and O–H groups in total. The molecule has 2 aromatic heterocycles. The van der Waals surface area contributed by atoms with Gasteiger partial charge in [-0.2, -0.15) is 0 Å². The summed E-state index contributed by atoms with van der Waals surface area (Å²) in [5, 5.41) is 15.1. The molecule has 6 nitrogen and oxygen atoms in total. The maximum absolute atomic E-state index is 4.66. The lowest BCUT2D eigenvalue weighted by molar-refractivity contribution is 0.371. The molecule has 3 aromatic rings. The quantitative estimate of drug-likeness (QED) is 0.666. The third-order valence-corrected chi connectivity index (χ3v) is 4.90. The number of benzene rings is 1. The van der Waals surface area contributed by atoms with Crippen molar-refractivity contribution in [3.05, 3.63) is 48.8 Å². The lowest BCUT2D eigenvalue weighted by Gasteiger charge is -2.29. The van der Waals surface area contributed by atoms with Gasteiger partial charge in [0, 0.05) is 36.2 Å². The number of anilines is 3. The molecule has 1 aliphatic carbocycles. The van der Waals surface area contributed by atoms with Crippen LogP contribution in [0, 0.1) is 0 Å². The molecule has 1 fully saturated rings. The third-order valence-electron chi connectivity index (χ3n) is 4.90. The molecule has 25 heavy (non-hydrogen) atoms. The van der Waals surface area contributed by atoms with E-state index in [1.54, 1.807) is 6.20 Å². The second-order valence-corrected chi connectivity index (χ2v) is 6.61. The van der Waals surface area contributed by atoms with Gasteiger partial charge in [0.05, 0.1) is 5.69 Å². The van der Waals surface area contributed by atoms with E-state index >= 15 is 0 Å². The van der Waals surface area contributed by atoms with E-state index in [2.05, 4.69) is 39.1 Å². The minimum atomic E-state index is 0.475. The van der Waals surface area contributed by atoms with Crippen LogP contribution in [0.4, 0.5) is 17.2 Å². The molecule has 130 valence electrons. The molecule has 0 aliphatic heterocycles. The van der Waals surface area contributed by atoms with Gasteiger partial charge in [0.1, 0.15) is 5.82 Å². The molecule has 0 saturated heterocycles. The first kappa shape index (κ1) is 15.9. The number of nitrogens with zero attached hydrogens (tertiary/aromatic N) is 3. The van der Waals surface area contributed by atoms with Crippen LogP contribution in [0.2, 0.25) is 0 Å². The summed E-state index contributed by atoms with van der Waals surface area (Å²) in [6, 6.07) is 13.3. The Hall–Kier alpha value is -2.60. The molecule has 0 atom stereocenters. The Morgan fingerprint density at radius 2 is 1.80 bits per heavy atom. The van der Waals surface area contributed by atoms with E-state index in [0.29, 0.717) is 12.1 Å². The highest BCUT2D eigenvalue weighted by Gasteiger charge is 2.20. The van der Waals surface area contributed by atoms with Crippen molar-refractivity contribution < 1.29 is 0 Å². The molecular formula is C19H24N6. The smallest absolute Gasteiger partial charge is 0.177 e. The summed E-state index contributed by atoms with van der Waals surface area (Å²) in [4.78, 5) is 4.43. The maximum atomic E-state index is 4.66. The number of fused-ring (bicyclic) bond motifs is 1. The average molecular weight is 336 g/mol. The van der Waals surface area contributed by atoms with Gasteiger partial charge < -0.3 is 16.0 Å². The summed E-state index contributed by atoms with van der Waals surface area (Å²) in [5.74, 6) is 0.886.